The predicted molar refractivity (Wildman–Crippen MR) is 190 cm³/mol. The average molecular weight is 755 g/mol. The van der Waals surface area contributed by atoms with Crippen LogP contribution in [0.4, 0.5) is 18.0 Å². The molecule has 1 aromatic rings. The first-order valence-corrected chi connectivity index (χ1v) is 19.1. The van der Waals surface area contributed by atoms with Crippen molar-refractivity contribution in [3.63, 3.8) is 0 Å². The molecule has 1 saturated heterocycles. The number of likely N-dealkylation sites (tertiary alicyclic amines) is 1. The van der Waals surface area contributed by atoms with E-state index in [1.807, 2.05) is 13.8 Å². The molecule has 1 aliphatic heterocycles. The number of urea groups is 1. The van der Waals surface area contributed by atoms with E-state index in [1.165, 1.54) is 11.0 Å². The maximum absolute atomic E-state index is 14.4. The number of aromatic nitrogens is 1. The van der Waals surface area contributed by atoms with Gasteiger partial charge in [0.1, 0.15) is 17.1 Å². The number of Topliss-reactive ketones (excluding diaryl/α,β-unsaturated/α-hetero) is 1. The second-order valence-corrected chi connectivity index (χ2v) is 16.6. The maximum atomic E-state index is 14.4. The molecule has 12 nitrogen and oxygen atoms in total. The fraction of sp³-hybridized carbons (Fsp3) is 0.667. The molecule has 0 aromatic carbocycles. The van der Waals surface area contributed by atoms with Crippen LogP contribution in [0.25, 0.3) is 0 Å². The Morgan fingerprint density at radius 2 is 1.75 bits per heavy atom. The average Bonchev–Trinajstić information content (AvgIpc) is 3.53. The Hall–Kier alpha value is -3.82. The molecule has 5 amide bonds. The van der Waals surface area contributed by atoms with Crippen LogP contribution in [-0.4, -0.2) is 92.3 Å². The second kappa shape index (κ2) is 18.3. The number of nitrogens with zero attached hydrogens (tertiary/aromatic N) is 2. The number of rotatable bonds is 15. The van der Waals surface area contributed by atoms with Crippen molar-refractivity contribution in [3.05, 3.63) is 37.1 Å². The normalized spacial score (nSPS) is 20.7. The van der Waals surface area contributed by atoms with Crippen molar-refractivity contribution in [2.45, 2.75) is 121 Å². The number of pyridine rings is 1. The van der Waals surface area contributed by atoms with Gasteiger partial charge in [0, 0.05) is 25.7 Å². The first kappa shape index (κ1) is 42.6. The number of hydrogen-bond donors (Lipinski definition) is 4. The minimum Gasteiger partial charge on any atom is -0.346 e. The topological polar surface area (TPSA) is 167 Å². The van der Waals surface area contributed by atoms with E-state index >= 15 is 0 Å². The van der Waals surface area contributed by atoms with Gasteiger partial charge in [-0.25, -0.2) is 9.78 Å². The summed E-state index contributed by atoms with van der Waals surface area (Å²) in [6.45, 7) is 12.5. The molecular weight excluding hydrogens is 701 g/mol. The molecule has 2 fully saturated rings. The molecule has 2 heterocycles. The molecule has 1 aromatic heterocycles. The molecule has 1 aliphatic carbocycles. The zero-order chi connectivity index (χ0) is 38.9. The van der Waals surface area contributed by atoms with Crippen LogP contribution in [0, 0.1) is 17.3 Å². The highest BCUT2D eigenvalue weighted by molar-refractivity contribution is 7.85. The number of ketones is 1. The van der Waals surface area contributed by atoms with Crippen molar-refractivity contribution >= 4 is 40.3 Å². The van der Waals surface area contributed by atoms with E-state index in [4.69, 9.17) is 0 Å². The molecule has 2 unspecified atom stereocenters. The Kier molecular flexibility index (Phi) is 15.0. The molecule has 16 heteroatoms. The number of amides is 5. The third kappa shape index (κ3) is 12.1. The minimum atomic E-state index is -4.66. The maximum Gasteiger partial charge on any atom is 0.389 e. The highest BCUT2D eigenvalue weighted by Gasteiger charge is 2.47. The van der Waals surface area contributed by atoms with Crippen LogP contribution in [-0.2, 0) is 30.0 Å². The lowest BCUT2D eigenvalue weighted by Crippen LogP contribution is -2.63. The zero-order valence-corrected chi connectivity index (χ0v) is 31.5. The van der Waals surface area contributed by atoms with Crippen LogP contribution >= 0.6 is 0 Å². The van der Waals surface area contributed by atoms with Gasteiger partial charge in [0.25, 0.3) is 5.91 Å². The summed E-state index contributed by atoms with van der Waals surface area (Å²) in [5.41, 5.74) is -1.68. The van der Waals surface area contributed by atoms with E-state index in [0.29, 0.717) is 17.9 Å². The largest absolute Gasteiger partial charge is 0.389 e. The smallest absolute Gasteiger partial charge is 0.346 e. The number of alkyl halides is 3. The number of carbonyl (C=O) groups excluding carboxylic acids is 5. The first-order chi connectivity index (χ1) is 24.3. The highest BCUT2D eigenvalue weighted by atomic mass is 32.2. The number of carbonyl (C=O) groups is 5. The molecule has 3 rings (SSSR count). The molecule has 1 saturated carbocycles. The van der Waals surface area contributed by atoms with Gasteiger partial charge in [0.05, 0.1) is 28.1 Å². The molecule has 0 spiro atoms. The van der Waals surface area contributed by atoms with Gasteiger partial charge in [-0.15, -0.1) is 6.58 Å². The fourth-order valence-corrected chi connectivity index (χ4v) is 8.08. The van der Waals surface area contributed by atoms with Crippen molar-refractivity contribution in [3.8, 4) is 0 Å². The van der Waals surface area contributed by atoms with Crippen LogP contribution in [0.1, 0.15) is 86.0 Å². The SMILES string of the molecule is C=CCNC(=O)C(=O)C(CCC(F)(F)F)NC(=O)[C@@H]1C[C@@H](C(C)C)CN1C(=O)[C@@H](NC(=O)NC1(CS(=O)c2ccccn2)CCCCC1)C(C)(C)C. The van der Waals surface area contributed by atoms with Crippen LogP contribution in [0.15, 0.2) is 42.1 Å². The summed E-state index contributed by atoms with van der Waals surface area (Å²) < 4.78 is 52.9. The van der Waals surface area contributed by atoms with Crippen molar-refractivity contribution in [1.82, 2.24) is 31.2 Å². The minimum absolute atomic E-state index is 0.0101. The molecule has 4 N–H and O–H groups in total. The summed E-state index contributed by atoms with van der Waals surface area (Å²) in [5, 5.41) is 10.8. The summed E-state index contributed by atoms with van der Waals surface area (Å²) in [4.78, 5) is 72.8. The summed E-state index contributed by atoms with van der Waals surface area (Å²) >= 11 is 0. The zero-order valence-electron chi connectivity index (χ0n) is 30.6. The van der Waals surface area contributed by atoms with Gasteiger partial charge >= 0.3 is 12.2 Å². The van der Waals surface area contributed by atoms with E-state index in [2.05, 4.69) is 32.8 Å². The molecule has 2 aliphatic rings. The van der Waals surface area contributed by atoms with Gasteiger partial charge in [-0.05, 0) is 55.1 Å². The van der Waals surface area contributed by atoms with Gasteiger partial charge in [0.15, 0.2) is 0 Å². The molecule has 0 radical (unpaired) electrons. The van der Waals surface area contributed by atoms with Crippen molar-refractivity contribution in [2.75, 3.05) is 18.8 Å². The first-order valence-electron chi connectivity index (χ1n) is 17.8. The van der Waals surface area contributed by atoms with E-state index in [0.717, 1.165) is 19.3 Å². The number of halogens is 3. The van der Waals surface area contributed by atoms with Gasteiger partial charge in [-0.2, -0.15) is 13.2 Å². The van der Waals surface area contributed by atoms with Gasteiger partial charge in [-0.3, -0.25) is 23.4 Å². The van der Waals surface area contributed by atoms with E-state index < -0.39 is 88.4 Å². The number of hydrogen-bond acceptors (Lipinski definition) is 7. The molecule has 290 valence electrons. The Morgan fingerprint density at radius 3 is 2.31 bits per heavy atom. The van der Waals surface area contributed by atoms with Crippen molar-refractivity contribution < 1.29 is 41.4 Å². The van der Waals surface area contributed by atoms with Gasteiger partial charge in [0.2, 0.25) is 17.6 Å². The van der Waals surface area contributed by atoms with Crippen molar-refractivity contribution in [2.24, 2.45) is 17.3 Å². The van der Waals surface area contributed by atoms with Crippen molar-refractivity contribution in [1.29, 1.82) is 0 Å². The Balaban J connectivity index is 1.85. The lowest BCUT2D eigenvalue weighted by Gasteiger charge is -2.40. The van der Waals surface area contributed by atoms with E-state index in [1.54, 1.807) is 45.2 Å². The second-order valence-electron chi connectivity index (χ2n) is 15.2. The monoisotopic (exact) mass is 754 g/mol. The van der Waals surface area contributed by atoms with Crippen LogP contribution < -0.4 is 21.3 Å². The molecule has 5 atom stereocenters. The summed E-state index contributed by atoms with van der Waals surface area (Å²) in [6, 6.07) is 0.364. The highest BCUT2D eigenvalue weighted by Crippen LogP contribution is 2.34. The van der Waals surface area contributed by atoms with E-state index in [-0.39, 0.29) is 37.1 Å². The summed E-state index contributed by atoms with van der Waals surface area (Å²) in [6.07, 6.45) is -0.213. The fourth-order valence-electron chi connectivity index (χ4n) is 6.66. The quantitative estimate of drug-likeness (QED) is 0.154. The van der Waals surface area contributed by atoms with Crippen LogP contribution in [0.2, 0.25) is 0 Å². The van der Waals surface area contributed by atoms with Crippen LogP contribution in [0.5, 0.6) is 0 Å². The summed E-state index contributed by atoms with van der Waals surface area (Å²) in [7, 11) is -1.51. The molecule has 52 heavy (non-hydrogen) atoms. The lowest BCUT2D eigenvalue weighted by atomic mass is 9.83. The van der Waals surface area contributed by atoms with Gasteiger partial charge in [-0.1, -0.05) is 66.0 Å². The molecular formula is C36H53F3N6O6S. The van der Waals surface area contributed by atoms with Gasteiger partial charge < -0.3 is 26.2 Å². The van der Waals surface area contributed by atoms with Crippen LogP contribution in [0.3, 0.4) is 0 Å². The number of nitrogens with one attached hydrogen (secondary N) is 4. The Labute approximate surface area is 306 Å². The lowest BCUT2D eigenvalue weighted by molar-refractivity contribution is -0.147. The predicted octanol–water partition coefficient (Wildman–Crippen LogP) is 4.18. The Bertz CT molecular complexity index is 1460. The van der Waals surface area contributed by atoms with E-state index in [9.17, 15) is 41.4 Å². The Morgan fingerprint density at radius 1 is 1.08 bits per heavy atom. The standard InChI is InChI=1S/C36H53F3N6O6S/c1-7-18-41-31(48)28(46)25(14-17-36(37,38)39)42-30(47)26-20-24(23(2)3)21-45(26)32(49)29(34(4,5)6)43-33(50)44-35(15-10-8-11-16-35)22-52(51)27-13-9-12-19-40-27/h7,9,12-13,19,23-26,29H,1,8,10-11,14-18,20-22H2,2-6H3,(H,41,48)(H,42,47)(H2,43,44,50)/t24-,25?,26+,29-,52?/m1/s1. The molecule has 0 bridgehead atoms. The third-order valence-electron chi connectivity index (χ3n) is 9.70. The third-order valence-corrected chi connectivity index (χ3v) is 11.2. The summed E-state index contributed by atoms with van der Waals surface area (Å²) in [5.74, 6) is -3.91.